The molecule has 0 spiro atoms. The van der Waals surface area contributed by atoms with Gasteiger partial charge in [0, 0.05) is 22.5 Å². The van der Waals surface area contributed by atoms with Gasteiger partial charge in [-0.15, -0.1) is 0 Å². The quantitative estimate of drug-likeness (QED) is 0.591. The number of carbonyl (C=O) groups excluding carboxylic acids is 1. The number of hydrogen-bond donors (Lipinski definition) is 1. The lowest BCUT2D eigenvalue weighted by atomic mass is 9.91. The number of nitrogens with zero attached hydrogens (tertiary/aromatic N) is 2. The van der Waals surface area contributed by atoms with Crippen LogP contribution in [0.3, 0.4) is 0 Å². The molecule has 0 atom stereocenters. The Bertz CT molecular complexity index is 940. The summed E-state index contributed by atoms with van der Waals surface area (Å²) >= 11 is 0. The Hall–Kier alpha value is -2.42. The van der Waals surface area contributed by atoms with Crippen LogP contribution in [0.15, 0.2) is 30.3 Å². The lowest BCUT2D eigenvalue weighted by Gasteiger charge is -2.27. The number of amides is 1. The van der Waals surface area contributed by atoms with Gasteiger partial charge in [-0.05, 0) is 45.3 Å². The van der Waals surface area contributed by atoms with Crippen LogP contribution in [-0.2, 0) is 18.1 Å². The van der Waals surface area contributed by atoms with Crippen LogP contribution in [0.25, 0.3) is 0 Å². The maximum atomic E-state index is 14.6. The fraction of sp³-hybridized carbons (Fsp3) is 0.500. The van der Waals surface area contributed by atoms with Crippen LogP contribution >= 0.6 is 0 Å². The predicted octanol–water partition coefficient (Wildman–Crippen LogP) is 5.56. The van der Waals surface area contributed by atoms with E-state index in [-0.39, 0.29) is 11.3 Å². The molecule has 31 heavy (non-hydrogen) atoms. The van der Waals surface area contributed by atoms with Gasteiger partial charge in [0.1, 0.15) is 0 Å². The van der Waals surface area contributed by atoms with E-state index in [9.17, 15) is 26.7 Å². The molecule has 2 rings (SSSR count). The summed E-state index contributed by atoms with van der Waals surface area (Å²) in [5, 5.41) is 2.45. The Morgan fingerprint density at radius 1 is 1.06 bits per heavy atom. The van der Waals surface area contributed by atoms with Crippen LogP contribution < -0.4 is 5.32 Å². The first kappa shape index (κ1) is 24.8. The van der Waals surface area contributed by atoms with Crippen molar-refractivity contribution in [2.75, 3.05) is 26.0 Å². The number of rotatable bonds is 6. The molecular formula is C22H28F5N3O. The largest absolute Gasteiger partial charge is 0.416 e. The molecule has 0 aliphatic rings. The van der Waals surface area contributed by atoms with Crippen molar-refractivity contribution < 1.29 is 26.7 Å². The van der Waals surface area contributed by atoms with Gasteiger partial charge in [0.15, 0.2) is 0 Å². The van der Waals surface area contributed by atoms with E-state index in [2.05, 4.69) is 5.32 Å². The molecular weight excluding hydrogens is 417 g/mol. The molecule has 1 N–H and O–H groups in total. The summed E-state index contributed by atoms with van der Waals surface area (Å²) < 4.78 is 69.3. The van der Waals surface area contributed by atoms with E-state index >= 15 is 0 Å². The van der Waals surface area contributed by atoms with Crippen LogP contribution in [-0.4, -0.2) is 41.9 Å². The number of hydrogen-bond acceptors (Lipinski definition) is 2. The van der Waals surface area contributed by atoms with Gasteiger partial charge in [0.2, 0.25) is 0 Å². The highest BCUT2D eigenvalue weighted by Gasteiger charge is 2.35. The summed E-state index contributed by atoms with van der Waals surface area (Å²) in [6.07, 6.45) is -4.54. The lowest BCUT2D eigenvalue weighted by molar-refractivity contribution is -0.137. The highest BCUT2D eigenvalue weighted by molar-refractivity contribution is 6.05. The summed E-state index contributed by atoms with van der Waals surface area (Å²) in [7, 11) is 3.10. The molecule has 9 heteroatoms. The van der Waals surface area contributed by atoms with E-state index in [1.165, 1.54) is 27.7 Å². The van der Waals surface area contributed by atoms with Crippen molar-refractivity contribution in [2.45, 2.75) is 51.8 Å². The lowest BCUT2D eigenvalue weighted by Crippen LogP contribution is -2.37. The molecule has 0 unspecified atom stereocenters. The van der Waals surface area contributed by atoms with Crippen molar-refractivity contribution in [3.8, 4) is 0 Å². The number of aromatic nitrogens is 1. The van der Waals surface area contributed by atoms with Gasteiger partial charge in [0.25, 0.3) is 11.8 Å². The summed E-state index contributed by atoms with van der Waals surface area (Å²) in [6.45, 7) is 6.02. The molecule has 2 aromatic rings. The average molecular weight is 445 g/mol. The summed E-state index contributed by atoms with van der Waals surface area (Å²) in [6, 6.07) is 5.81. The van der Waals surface area contributed by atoms with Crippen LogP contribution in [0, 0.1) is 6.92 Å². The number of benzene rings is 1. The van der Waals surface area contributed by atoms with E-state index in [1.54, 1.807) is 21.0 Å². The minimum absolute atomic E-state index is 0.0257. The van der Waals surface area contributed by atoms with Gasteiger partial charge in [0.05, 0.1) is 24.2 Å². The zero-order valence-corrected chi connectivity index (χ0v) is 18.5. The molecule has 0 saturated heterocycles. The van der Waals surface area contributed by atoms with Gasteiger partial charge in [-0.3, -0.25) is 4.79 Å². The Kier molecular flexibility index (Phi) is 6.90. The molecule has 0 saturated carbocycles. The second kappa shape index (κ2) is 8.61. The van der Waals surface area contributed by atoms with Gasteiger partial charge in [-0.2, -0.15) is 13.2 Å². The van der Waals surface area contributed by atoms with Gasteiger partial charge in [-0.25, -0.2) is 8.78 Å². The van der Waals surface area contributed by atoms with Crippen LogP contribution in [0.4, 0.5) is 27.6 Å². The third-order valence-electron chi connectivity index (χ3n) is 4.76. The Balaban J connectivity index is 2.41. The number of alkyl halides is 5. The second-order valence-corrected chi connectivity index (χ2v) is 8.99. The topological polar surface area (TPSA) is 37.3 Å². The predicted molar refractivity (Wildman–Crippen MR) is 111 cm³/mol. The minimum Gasteiger partial charge on any atom is -0.341 e. The average Bonchev–Trinajstić information content (AvgIpc) is 2.89. The van der Waals surface area contributed by atoms with Crippen molar-refractivity contribution in [3.63, 3.8) is 0 Å². The van der Waals surface area contributed by atoms with Crippen LogP contribution in [0.2, 0.25) is 0 Å². The summed E-state index contributed by atoms with van der Waals surface area (Å²) in [5.41, 5.74) is -0.442. The number of carbonyl (C=O) groups is 1. The monoisotopic (exact) mass is 445 g/mol. The number of anilines is 1. The minimum atomic E-state index is -4.54. The van der Waals surface area contributed by atoms with Crippen molar-refractivity contribution in [1.29, 1.82) is 0 Å². The van der Waals surface area contributed by atoms with Crippen LogP contribution in [0.5, 0.6) is 0 Å². The fourth-order valence-electron chi connectivity index (χ4n) is 3.42. The van der Waals surface area contributed by atoms with E-state index < -0.39 is 42.1 Å². The molecule has 0 fully saturated rings. The Morgan fingerprint density at radius 2 is 1.68 bits per heavy atom. The first-order valence-corrected chi connectivity index (χ1v) is 9.73. The van der Waals surface area contributed by atoms with Crippen molar-refractivity contribution in [1.82, 2.24) is 9.47 Å². The van der Waals surface area contributed by atoms with Crippen molar-refractivity contribution >= 4 is 11.6 Å². The molecule has 4 nitrogen and oxygen atoms in total. The summed E-state index contributed by atoms with van der Waals surface area (Å²) in [5.74, 6) is -3.70. The molecule has 0 aliphatic heterocycles. The Morgan fingerprint density at radius 3 is 2.19 bits per heavy atom. The van der Waals surface area contributed by atoms with Gasteiger partial charge < -0.3 is 14.8 Å². The smallest absolute Gasteiger partial charge is 0.341 e. The van der Waals surface area contributed by atoms with Gasteiger partial charge in [-0.1, -0.05) is 26.8 Å². The van der Waals surface area contributed by atoms with Gasteiger partial charge >= 0.3 is 6.18 Å². The van der Waals surface area contributed by atoms with E-state index in [0.29, 0.717) is 11.4 Å². The molecule has 1 aromatic heterocycles. The first-order chi connectivity index (χ1) is 14.0. The SMILES string of the molecule is Cc1c(C(=O)Nc2cccc(C(F)(F)F)c2)cc(C(C)(C)C)n1CC(F)(F)CN(C)C. The molecule has 0 bridgehead atoms. The standard InChI is InChI=1S/C22H28F5N3O/c1-14-17(19(31)28-16-9-7-8-15(10-16)22(25,26)27)11-18(20(2,3)4)30(14)13-21(23,24)12-29(5)6/h7-11H,12-13H2,1-6H3,(H,28,31). The van der Waals surface area contributed by atoms with Crippen molar-refractivity contribution in [2.24, 2.45) is 0 Å². The maximum absolute atomic E-state index is 14.6. The van der Waals surface area contributed by atoms with Crippen molar-refractivity contribution in [3.05, 3.63) is 52.8 Å². The molecule has 0 aliphatic carbocycles. The number of halogens is 5. The van der Waals surface area contributed by atoms with Crippen LogP contribution in [0.1, 0.15) is 48.1 Å². The highest BCUT2D eigenvalue weighted by Crippen LogP contribution is 2.32. The summed E-state index contributed by atoms with van der Waals surface area (Å²) in [4.78, 5) is 14.2. The third kappa shape index (κ3) is 6.29. The molecule has 0 radical (unpaired) electrons. The molecule has 1 heterocycles. The zero-order valence-electron chi connectivity index (χ0n) is 18.5. The highest BCUT2D eigenvalue weighted by atomic mass is 19.4. The van der Waals surface area contributed by atoms with E-state index in [0.717, 1.165) is 12.1 Å². The normalized spacial score (nSPS) is 13.0. The van der Waals surface area contributed by atoms with E-state index in [4.69, 9.17) is 0 Å². The number of nitrogens with one attached hydrogen (secondary N) is 1. The Labute approximate surface area is 179 Å². The molecule has 172 valence electrons. The first-order valence-electron chi connectivity index (χ1n) is 9.73. The second-order valence-electron chi connectivity index (χ2n) is 8.99. The maximum Gasteiger partial charge on any atom is 0.416 e. The van der Waals surface area contributed by atoms with E-state index in [1.807, 2.05) is 20.8 Å². The molecule has 1 aromatic carbocycles. The molecule has 1 amide bonds. The zero-order chi connectivity index (χ0) is 23.8. The fourth-order valence-corrected chi connectivity index (χ4v) is 3.42. The third-order valence-corrected chi connectivity index (χ3v) is 4.76.